The zero-order valence-electron chi connectivity index (χ0n) is 11.9. The third kappa shape index (κ3) is 4.14. The van der Waals surface area contributed by atoms with Crippen molar-refractivity contribution < 1.29 is 17.7 Å². The van der Waals surface area contributed by atoms with Crippen LogP contribution in [0.1, 0.15) is 5.56 Å². The number of alkyl halides is 3. The van der Waals surface area contributed by atoms with Crippen LogP contribution in [0.3, 0.4) is 0 Å². The molecule has 0 aliphatic carbocycles. The van der Waals surface area contributed by atoms with E-state index in [1.165, 1.54) is 12.1 Å². The largest absolute Gasteiger partial charge is 0.416 e. The maximum Gasteiger partial charge on any atom is 0.416 e. The molecular weight excluding hydrogens is 378 g/mol. The molecule has 0 amide bonds. The van der Waals surface area contributed by atoms with E-state index in [0.29, 0.717) is 15.8 Å². The van der Waals surface area contributed by atoms with Crippen LogP contribution in [-0.4, -0.2) is 13.3 Å². The zero-order chi connectivity index (χ0) is 16.5. The number of rotatable bonds is 3. The average Bonchev–Trinajstić information content (AvgIpc) is 2.39. The highest BCUT2D eigenvalue weighted by Gasteiger charge is 2.29. The number of halogens is 4. The predicted molar refractivity (Wildman–Crippen MR) is 88.0 cm³/mol. The average molecular weight is 392 g/mol. The van der Waals surface area contributed by atoms with Crippen molar-refractivity contribution in [2.75, 3.05) is 18.6 Å². The van der Waals surface area contributed by atoms with Crippen LogP contribution in [-0.2, 0) is 10.7 Å². The van der Waals surface area contributed by atoms with Gasteiger partial charge >= 0.3 is 6.18 Å². The van der Waals surface area contributed by atoms with E-state index in [-0.39, 0.29) is 0 Å². The van der Waals surface area contributed by atoms with Crippen molar-refractivity contribution in [1.29, 1.82) is 0 Å². The van der Waals surface area contributed by atoms with Crippen LogP contribution in [0.2, 0.25) is 0 Å². The quantitative estimate of drug-likeness (QED) is 0.703. The Morgan fingerprint density at radius 1 is 1.05 bits per heavy atom. The summed E-state index contributed by atoms with van der Waals surface area (Å²) in [5.41, 5.74) is 0.542. The molecule has 118 valence electrons. The molecule has 0 fully saturated rings. The summed E-state index contributed by atoms with van der Waals surface area (Å²) in [4.78, 5) is 0. The number of nitrogens with one attached hydrogen (secondary N) is 1. The number of benzene rings is 2. The number of hydrogen-bond acceptors (Lipinski definition) is 2. The highest BCUT2D eigenvalue weighted by atomic mass is 79.9. The van der Waals surface area contributed by atoms with Crippen molar-refractivity contribution in [3.63, 3.8) is 0 Å². The number of hydrogen-bond donors (Lipinski definition) is 1. The van der Waals surface area contributed by atoms with Gasteiger partial charge in [0.1, 0.15) is 7.14 Å². The molecule has 2 nitrogen and oxygen atoms in total. The smallest absolute Gasteiger partial charge is 0.355 e. The van der Waals surface area contributed by atoms with Gasteiger partial charge in [0.2, 0.25) is 0 Å². The molecule has 2 aromatic carbocycles. The second-order valence-corrected chi connectivity index (χ2v) is 9.29. The summed E-state index contributed by atoms with van der Waals surface area (Å²) in [6, 6.07) is 10.0. The molecule has 22 heavy (non-hydrogen) atoms. The fourth-order valence-electron chi connectivity index (χ4n) is 1.84. The molecule has 0 aliphatic heterocycles. The summed E-state index contributed by atoms with van der Waals surface area (Å²) in [7, 11) is -2.36. The van der Waals surface area contributed by atoms with Crippen molar-refractivity contribution in [3.8, 4) is 0 Å². The molecule has 0 unspecified atom stereocenters. The summed E-state index contributed by atoms with van der Waals surface area (Å²) in [6.07, 6.45) is -4.34. The van der Waals surface area contributed by atoms with Crippen molar-refractivity contribution in [3.05, 3.63) is 52.5 Å². The van der Waals surface area contributed by atoms with Crippen LogP contribution < -0.4 is 10.6 Å². The lowest BCUT2D eigenvalue weighted by atomic mass is 10.2. The Balaban J connectivity index is 2.23. The minimum atomic E-state index is -4.34. The SMILES string of the molecule is CP(C)(=O)c1ccc(Nc2ccc(C(F)(F)F)cc2)c(Br)c1. The predicted octanol–water partition coefficient (Wildman–Crippen LogP) is 5.46. The number of anilines is 2. The molecule has 0 heterocycles. The van der Waals surface area contributed by atoms with Gasteiger partial charge in [-0.3, -0.25) is 0 Å². The molecule has 0 radical (unpaired) electrons. The van der Waals surface area contributed by atoms with Crippen molar-refractivity contribution in [2.24, 2.45) is 0 Å². The van der Waals surface area contributed by atoms with Gasteiger partial charge in [-0.2, -0.15) is 13.2 Å². The Kier molecular flexibility index (Phi) is 4.73. The van der Waals surface area contributed by atoms with Gasteiger partial charge in [0.15, 0.2) is 0 Å². The fourth-order valence-corrected chi connectivity index (χ4v) is 3.37. The van der Waals surface area contributed by atoms with Gasteiger partial charge in [-0.15, -0.1) is 0 Å². The molecule has 2 rings (SSSR count). The zero-order valence-corrected chi connectivity index (χ0v) is 14.4. The molecule has 2 aromatic rings. The lowest BCUT2D eigenvalue weighted by Crippen LogP contribution is -2.05. The Morgan fingerprint density at radius 2 is 1.64 bits per heavy atom. The summed E-state index contributed by atoms with van der Waals surface area (Å²) in [6.45, 7) is 3.36. The van der Waals surface area contributed by atoms with Crippen molar-refractivity contribution >= 4 is 39.8 Å². The van der Waals surface area contributed by atoms with Crippen LogP contribution in [0.25, 0.3) is 0 Å². The first-order valence-corrected chi connectivity index (χ1v) is 9.76. The molecule has 0 aliphatic rings. The lowest BCUT2D eigenvalue weighted by Gasteiger charge is -2.13. The summed E-state index contributed by atoms with van der Waals surface area (Å²) in [5, 5.41) is 3.76. The van der Waals surface area contributed by atoms with Crippen LogP contribution in [0.4, 0.5) is 24.5 Å². The highest BCUT2D eigenvalue weighted by Crippen LogP contribution is 2.37. The highest BCUT2D eigenvalue weighted by molar-refractivity contribution is 9.10. The van der Waals surface area contributed by atoms with Crippen LogP contribution >= 0.6 is 23.1 Å². The van der Waals surface area contributed by atoms with E-state index >= 15 is 0 Å². The van der Waals surface area contributed by atoms with Gasteiger partial charge in [0.05, 0.1) is 11.3 Å². The van der Waals surface area contributed by atoms with Gasteiger partial charge in [-0.25, -0.2) is 0 Å². The van der Waals surface area contributed by atoms with Crippen molar-refractivity contribution in [2.45, 2.75) is 6.18 Å². The molecule has 0 saturated carbocycles. The Bertz CT molecular complexity index is 723. The van der Waals surface area contributed by atoms with Gasteiger partial charge in [-0.05, 0) is 71.7 Å². The van der Waals surface area contributed by atoms with Crippen LogP contribution in [0, 0.1) is 0 Å². The molecule has 0 spiro atoms. The summed E-state index contributed by atoms with van der Waals surface area (Å²) in [5.74, 6) is 0. The standard InChI is InChI=1S/C15H14BrF3NOP/c1-22(2,21)12-7-8-14(13(16)9-12)20-11-5-3-10(4-6-11)15(17,18)19/h3-9,20H,1-2H3. The lowest BCUT2D eigenvalue weighted by molar-refractivity contribution is -0.137. The van der Waals surface area contributed by atoms with Crippen molar-refractivity contribution in [1.82, 2.24) is 0 Å². The van der Waals surface area contributed by atoms with E-state index in [1.54, 1.807) is 31.5 Å². The maximum absolute atomic E-state index is 12.5. The van der Waals surface area contributed by atoms with Gasteiger partial charge in [-0.1, -0.05) is 0 Å². The topological polar surface area (TPSA) is 29.1 Å². The Morgan fingerprint density at radius 3 is 2.09 bits per heavy atom. The van der Waals surface area contributed by atoms with E-state index in [4.69, 9.17) is 0 Å². The van der Waals surface area contributed by atoms with E-state index in [0.717, 1.165) is 17.4 Å². The molecule has 7 heteroatoms. The van der Waals surface area contributed by atoms with E-state index in [9.17, 15) is 17.7 Å². The second kappa shape index (κ2) is 6.09. The first kappa shape index (κ1) is 17.1. The second-order valence-electron chi connectivity index (χ2n) is 5.22. The Labute approximate surface area is 135 Å². The first-order valence-electron chi connectivity index (χ1n) is 6.37. The Hall–Kier alpha value is -1.26. The molecule has 0 bridgehead atoms. The maximum atomic E-state index is 12.5. The van der Waals surface area contributed by atoms with E-state index in [2.05, 4.69) is 21.2 Å². The summed E-state index contributed by atoms with van der Waals surface area (Å²) >= 11 is 3.38. The van der Waals surface area contributed by atoms with Gasteiger partial charge in [0, 0.05) is 15.5 Å². The molecular formula is C15H14BrF3NOP. The molecule has 1 N–H and O–H groups in total. The first-order chi connectivity index (χ1) is 10.1. The third-order valence-corrected chi connectivity index (χ3v) is 5.24. The minimum absolute atomic E-state index is 0.539. The molecule has 0 aromatic heterocycles. The normalized spacial score (nSPS) is 12.3. The minimum Gasteiger partial charge on any atom is -0.355 e. The van der Waals surface area contributed by atoms with Gasteiger partial charge in [0.25, 0.3) is 0 Å². The molecule has 0 saturated heterocycles. The van der Waals surface area contributed by atoms with E-state index < -0.39 is 18.9 Å². The van der Waals surface area contributed by atoms with Crippen LogP contribution in [0.5, 0.6) is 0 Å². The van der Waals surface area contributed by atoms with E-state index in [1.807, 2.05) is 0 Å². The summed E-state index contributed by atoms with van der Waals surface area (Å²) < 4.78 is 50.3. The monoisotopic (exact) mass is 391 g/mol. The van der Waals surface area contributed by atoms with Gasteiger partial charge < -0.3 is 9.88 Å². The fraction of sp³-hybridized carbons (Fsp3) is 0.200. The molecule has 0 atom stereocenters. The van der Waals surface area contributed by atoms with Crippen LogP contribution in [0.15, 0.2) is 46.9 Å². The third-order valence-electron chi connectivity index (χ3n) is 3.07.